The van der Waals surface area contributed by atoms with Gasteiger partial charge in [-0.2, -0.15) is 5.10 Å². The molecular weight excluding hydrogens is 318 g/mol. The van der Waals surface area contributed by atoms with Gasteiger partial charge < -0.3 is 9.47 Å². The zero-order valence-electron chi connectivity index (χ0n) is 15.2. The molecule has 2 amide bonds. The Bertz CT molecular complexity index is 724. The summed E-state index contributed by atoms with van der Waals surface area (Å²) in [6, 6.07) is 3.58. The second-order valence-corrected chi connectivity index (χ2v) is 7.55. The lowest BCUT2D eigenvalue weighted by atomic mass is 9.92. The molecule has 134 valence electrons. The maximum absolute atomic E-state index is 12.4. The number of nitrogens with one attached hydrogen (secondary N) is 1. The summed E-state index contributed by atoms with van der Waals surface area (Å²) in [5.41, 5.74) is 0.840. The monoisotopic (exact) mass is 343 g/mol. The first-order valence-corrected chi connectivity index (χ1v) is 8.58. The standard InChI is InChI=1S/C17H25N7O/c1-17(2,3)13-5-6-14(21-20-13)19-16(25)24-9-7-12(8-10-24)15-22-18-11-23(15)4/h5-6,11-12H,7-10H2,1-4H3,(H,19,21,25). The summed E-state index contributed by atoms with van der Waals surface area (Å²) in [4.78, 5) is 14.2. The number of aromatic nitrogens is 5. The van der Waals surface area contributed by atoms with Crippen LogP contribution in [0.15, 0.2) is 18.5 Å². The third-order valence-corrected chi connectivity index (χ3v) is 4.56. The average molecular weight is 343 g/mol. The molecule has 1 saturated heterocycles. The molecule has 8 nitrogen and oxygen atoms in total. The molecule has 0 aromatic carbocycles. The first-order valence-electron chi connectivity index (χ1n) is 8.58. The fourth-order valence-corrected chi connectivity index (χ4v) is 2.99. The number of hydrogen-bond acceptors (Lipinski definition) is 5. The van der Waals surface area contributed by atoms with E-state index in [0.29, 0.717) is 24.8 Å². The predicted octanol–water partition coefficient (Wildman–Crippen LogP) is 2.31. The average Bonchev–Trinajstić information content (AvgIpc) is 3.01. The molecule has 0 unspecified atom stereocenters. The number of likely N-dealkylation sites (tertiary alicyclic amines) is 1. The van der Waals surface area contributed by atoms with Crippen molar-refractivity contribution in [2.75, 3.05) is 18.4 Å². The minimum atomic E-state index is -0.130. The highest BCUT2D eigenvalue weighted by Gasteiger charge is 2.26. The van der Waals surface area contributed by atoms with Gasteiger partial charge >= 0.3 is 6.03 Å². The summed E-state index contributed by atoms with van der Waals surface area (Å²) >= 11 is 0. The molecule has 1 aliphatic heterocycles. The van der Waals surface area contributed by atoms with Crippen molar-refractivity contribution in [2.45, 2.75) is 44.9 Å². The fourth-order valence-electron chi connectivity index (χ4n) is 2.99. The van der Waals surface area contributed by atoms with Gasteiger partial charge in [-0.3, -0.25) is 5.32 Å². The first-order chi connectivity index (χ1) is 11.8. The number of nitrogens with zero attached hydrogens (tertiary/aromatic N) is 6. The van der Waals surface area contributed by atoms with Gasteiger partial charge in [-0.1, -0.05) is 20.8 Å². The molecule has 0 spiro atoms. The Kier molecular flexibility index (Phi) is 4.69. The third kappa shape index (κ3) is 3.94. The molecule has 0 atom stereocenters. The summed E-state index contributed by atoms with van der Waals surface area (Å²) in [5, 5.41) is 19.3. The highest BCUT2D eigenvalue weighted by atomic mass is 16.2. The number of urea groups is 1. The van der Waals surface area contributed by atoms with Crippen LogP contribution in [0.5, 0.6) is 0 Å². The Hall–Kier alpha value is -2.51. The molecule has 0 radical (unpaired) electrons. The minimum absolute atomic E-state index is 0.0583. The Morgan fingerprint density at radius 1 is 1.16 bits per heavy atom. The van der Waals surface area contributed by atoms with E-state index in [0.717, 1.165) is 24.4 Å². The van der Waals surface area contributed by atoms with Crippen LogP contribution in [0, 0.1) is 0 Å². The van der Waals surface area contributed by atoms with Crippen LogP contribution >= 0.6 is 0 Å². The van der Waals surface area contributed by atoms with E-state index in [-0.39, 0.29) is 11.4 Å². The summed E-state index contributed by atoms with van der Waals surface area (Å²) in [6.45, 7) is 7.62. The van der Waals surface area contributed by atoms with Gasteiger partial charge in [0, 0.05) is 31.5 Å². The molecule has 8 heteroatoms. The zero-order valence-corrected chi connectivity index (χ0v) is 15.2. The van der Waals surface area contributed by atoms with E-state index >= 15 is 0 Å². The van der Waals surface area contributed by atoms with E-state index in [9.17, 15) is 4.79 Å². The summed E-state index contributed by atoms with van der Waals surface area (Å²) in [7, 11) is 1.95. The van der Waals surface area contributed by atoms with E-state index < -0.39 is 0 Å². The van der Waals surface area contributed by atoms with Crippen LogP contribution in [-0.4, -0.2) is 49.0 Å². The molecule has 1 aliphatic rings. The number of carbonyl (C=O) groups is 1. The second-order valence-electron chi connectivity index (χ2n) is 7.55. The molecule has 0 saturated carbocycles. The van der Waals surface area contributed by atoms with Gasteiger partial charge in [-0.15, -0.1) is 15.3 Å². The molecule has 25 heavy (non-hydrogen) atoms. The van der Waals surface area contributed by atoms with Crippen LogP contribution in [0.25, 0.3) is 0 Å². The minimum Gasteiger partial charge on any atom is -0.324 e. The van der Waals surface area contributed by atoms with Crippen molar-refractivity contribution in [3.05, 3.63) is 30.0 Å². The topological polar surface area (TPSA) is 88.8 Å². The van der Waals surface area contributed by atoms with Crippen LogP contribution in [0.3, 0.4) is 0 Å². The molecule has 1 N–H and O–H groups in total. The van der Waals surface area contributed by atoms with E-state index in [1.165, 1.54) is 0 Å². The van der Waals surface area contributed by atoms with Crippen LogP contribution in [0.4, 0.5) is 10.6 Å². The van der Waals surface area contributed by atoms with Crippen molar-refractivity contribution in [3.8, 4) is 0 Å². The van der Waals surface area contributed by atoms with E-state index in [1.54, 1.807) is 12.4 Å². The van der Waals surface area contributed by atoms with Crippen LogP contribution in [-0.2, 0) is 12.5 Å². The van der Waals surface area contributed by atoms with Gasteiger partial charge in [-0.25, -0.2) is 4.79 Å². The molecule has 3 heterocycles. The molecule has 2 aromatic rings. The van der Waals surface area contributed by atoms with E-state index in [2.05, 4.69) is 46.5 Å². The SMILES string of the molecule is Cn1cnnc1C1CCN(C(=O)Nc2ccc(C(C)(C)C)nn2)CC1. The molecule has 1 fully saturated rings. The largest absolute Gasteiger partial charge is 0.324 e. The molecule has 0 aliphatic carbocycles. The van der Waals surface area contributed by atoms with Crippen molar-refractivity contribution in [1.82, 2.24) is 29.9 Å². The van der Waals surface area contributed by atoms with Crippen LogP contribution in [0.1, 0.15) is 51.0 Å². The summed E-state index contributed by atoms with van der Waals surface area (Å²) in [5.74, 6) is 1.82. The van der Waals surface area contributed by atoms with Gasteiger partial charge in [0.2, 0.25) is 0 Å². The van der Waals surface area contributed by atoms with Crippen molar-refractivity contribution < 1.29 is 4.79 Å². The van der Waals surface area contributed by atoms with Gasteiger partial charge in [0.15, 0.2) is 5.82 Å². The molecular formula is C17H25N7O. The normalized spacial score (nSPS) is 16.1. The van der Waals surface area contributed by atoms with Crippen LogP contribution < -0.4 is 5.32 Å². The number of carbonyl (C=O) groups excluding carboxylic acids is 1. The third-order valence-electron chi connectivity index (χ3n) is 4.56. The second kappa shape index (κ2) is 6.78. The van der Waals surface area contributed by atoms with Crippen molar-refractivity contribution in [2.24, 2.45) is 7.05 Å². The van der Waals surface area contributed by atoms with Gasteiger partial charge in [0.05, 0.1) is 5.69 Å². The Labute approximate surface area is 147 Å². The molecule has 0 bridgehead atoms. The Balaban J connectivity index is 1.55. The first kappa shape index (κ1) is 17.3. The molecule has 3 rings (SSSR count). The summed E-state index contributed by atoms with van der Waals surface area (Å²) < 4.78 is 1.95. The Morgan fingerprint density at radius 3 is 2.40 bits per heavy atom. The lowest BCUT2D eigenvalue weighted by Crippen LogP contribution is -2.41. The van der Waals surface area contributed by atoms with Crippen molar-refractivity contribution >= 4 is 11.8 Å². The van der Waals surface area contributed by atoms with Gasteiger partial charge in [0.25, 0.3) is 0 Å². The van der Waals surface area contributed by atoms with E-state index in [1.807, 2.05) is 22.6 Å². The number of piperidine rings is 1. The number of rotatable bonds is 2. The van der Waals surface area contributed by atoms with Crippen LogP contribution in [0.2, 0.25) is 0 Å². The Morgan fingerprint density at radius 2 is 1.88 bits per heavy atom. The number of aryl methyl sites for hydroxylation is 1. The highest BCUT2D eigenvalue weighted by Crippen LogP contribution is 2.26. The lowest BCUT2D eigenvalue weighted by Gasteiger charge is -2.31. The van der Waals surface area contributed by atoms with E-state index in [4.69, 9.17) is 0 Å². The smallest absolute Gasteiger partial charge is 0.323 e. The highest BCUT2D eigenvalue weighted by molar-refractivity contribution is 5.88. The zero-order chi connectivity index (χ0) is 18.0. The van der Waals surface area contributed by atoms with Crippen molar-refractivity contribution in [3.63, 3.8) is 0 Å². The maximum atomic E-state index is 12.4. The summed E-state index contributed by atoms with van der Waals surface area (Å²) in [6.07, 6.45) is 3.48. The number of anilines is 1. The number of amides is 2. The molecule has 2 aromatic heterocycles. The quantitative estimate of drug-likeness (QED) is 0.904. The van der Waals surface area contributed by atoms with Crippen molar-refractivity contribution in [1.29, 1.82) is 0 Å². The van der Waals surface area contributed by atoms with Gasteiger partial charge in [-0.05, 0) is 25.0 Å². The number of hydrogen-bond donors (Lipinski definition) is 1. The fraction of sp³-hybridized carbons (Fsp3) is 0.588. The van der Waals surface area contributed by atoms with Gasteiger partial charge in [0.1, 0.15) is 12.2 Å². The maximum Gasteiger partial charge on any atom is 0.323 e. The lowest BCUT2D eigenvalue weighted by molar-refractivity contribution is 0.193. The predicted molar refractivity (Wildman–Crippen MR) is 94.3 cm³/mol.